The fraction of sp³-hybridized carbons (Fsp3) is 0.105. The summed E-state index contributed by atoms with van der Waals surface area (Å²) in [6, 6.07) is 11.4. The molecule has 0 aliphatic rings. The first kappa shape index (κ1) is 17.5. The van der Waals surface area contributed by atoms with Crippen molar-refractivity contribution in [2.75, 3.05) is 5.32 Å². The molecule has 0 aliphatic carbocycles. The van der Waals surface area contributed by atoms with Crippen molar-refractivity contribution in [1.29, 1.82) is 0 Å². The van der Waals surface area contributed by atoms with Crippen LogP contribution in [0.25, 0.3) is 16.9 Å². The molecule has 0 atom stereocenters. The lowest BCUT2D eigenvalue weighted by Crippen LogP contribution is -2.12. The molecule has 0 aliphatic heterocycles. The molecule has 9 heteroatoms. The van der Waals surface area contributed by atoms with Gasteiger partial charge in [-0.25, -0.2) is 4.39 Å². The highest BCUT2D eigenvalue weighted by atomic mass is 19.1. The molecule has 0 fully saturated rings. The summed E-state index contributed by atoms with van der Waals surface area (Å²) in [6.07, 6.45) is 1.54. The quantitative estimate of drug-likeness (QED) is 0.552. The van der Waals surface area contributed by atoms with E-state index in [2.05, 4.69) is 25.6 Å². The minimum absolute atomic E-state index is 0.240. The molecule has 2 heterocycles. The Morgan fingerprint density at radius 3 is 2.82 bits per heavy atom. The Morgan fingerprint density at radius 1 is 1.21 bits per heavy atom. The maximum Gasteiger partial charge on any atom is 0.272 e. The van der Waals surface area contributed by atoms with Gasteiger partial charge in [0.15, 0.2) is 5.82 Å². The van der Waals surface area contributed by atoms with Gasteiger partial charge in [0.2, 0.25) is 5.91 Å². The van der Waals surface area contributed by atoms with Crippen LogP contribution in [0.15, 0.2) is 48.7 Å². The maximum absolute atomic E-state index is 13.3. The van der Waals surface area contributed by atoms with E-state index in [0.29, 0.717) is 34.5 Å². The summed E-state index contributed by atoms with van der Waals surface area (Å²) in [5.74, 6) is -0.0933. The number of fused-ring (bicyclic) bond motifs is 1. The Balaban J connectivity index is 1.68. The van der Waals surface area contributed by atoms with Crippen LogP contribution in [0.1, 0.15) is 21.6 Å². The predicted octanol–water partition coefficient (Wildman–Crippen LogP) is 2.37. The lowest BCUT2D eigenvalue weighted by molar-refractivity contribution is 0.100. The summed E-state index contributed by atoms with van der Waals surface area (Å²) in [4.78, 5) is 16.1. The van der Waals surface area contributed by atoms with Crippen LogP contribution < -0.4 is 11.1 Å². The van der Waals surface area contributed by atoms with Crippen LogP contribution in [0.2, 0.25) is 0 Å². The molecule has 1 amide bonds. The number of amides is 1. The van der Waals surface area contributed by atoms with E-state index in [-0.39, 0.29) is 11.8 Å². The Labute approximate surface area is 159 Å². The molecule has 0 saturated heterocycles. The highest BCUT2D eigenvalue weighted by molar-refractivity contribution is 6.05. The molecule has 28 heavy (non-hydrogen) atoms. The molecule has 140 valence electrons. The molecule has 4 aromatic rings. The monoisotopic (exact) mass is 377 g/mol. The minimum atomic E-state index is -0.537. The average molecular weight is 377 g/mol. The zero-order valence-corrected chi connectivity index (χ0v) is 14.9. The first-order chi connectivity index (χ1) is 13.5. The van der Waals surface area contributed by atoms with Crippen molar-refractivity contribution in [3.63, 3.8) is 0 Å². The van der Waals surface area contributed by atoms with Crippen molar-refractivity contribution in [3.8, 4) is 5.95 Å². The van der Waals surface area contributed by atoms with Gasteiger partial charge in [0, 0.05) is 11.9 Å². The van der Waals surface area contributed by atoms with Crippen LogP contribution in [0.5, 0.6) is 0 Å². The second-order valence-electron chi connectivity index (χ2n) is 6.19. The summed E-state index contributed by atoms with van der Waals surface area (Å²) < 4.78 is 14.8. The largest absolute Gasteiger partial charge is 0.366 e. The van der Waals surface area contributed by atoms with E-state index in [1.165, 1.54) is 16.8 Å². The molecule has 0 radical (unpaired) electrons. The van der Waals surface area contributed by atoms with Crippen LogP contribution in [0.3, 0.4) is 0 Å². The lowest BCUT2D eigenvalue weighted by atomic mass is 10.1. The Bertz CT molecular complexity index is 1190. The van der Waals surface area contributed by atoms with Crippen molar-refractivity contribution in [2.24, 2.45) is 5.73 Å². The molecule has 0 saturated carbocycles. The highest BCUT2D eigenvalue weighted by Crippen LogP contribution is 2.21. The zero-order valence-electron chi connectivity index (χ0n) is 14.9. The fourth-order valence-corrected chi connectivity index (χ4v) is 2.89. The van der Waals surface area contributed by atoms with Crippen molar-refractivity contribution in [2.45, 2.75) is 13.5 Å². The van der Waals surface area contributed by atoms with E-state index in [4.69, 9.17) is 5.73 Å². The second-order valence-corrected chi connectivity index (χ2v) is 6.19. The van der Waals surface area contributed by atoms with Crippen LogP contribution in [-0.4, -0.2) is 30.9 Å². The summed E-state index contributed by atoms with van der Waals surface area (Å²) in [6.45, 7) is 2.15. The SMILES string of the molecule is Cc1nnc(-n2ncc3c(C(N)=O)cccc32)nc1NCc1cccc(F)c1. The normalized spacial score (nSPS) is 10.9. The van der Waals surface area contributed by atoms with Gasteiger partial charge in [-0.2, -0.15) is 14.8 Å². The van der Waals surface area contributed by atoms with Crippen molar-refractivity contribution in [3.05, 3.63) is 71.3 Å². The molecular formula is C19H16FN7O. The van der Waals surface area contributed by atoms with E-state index >= 15 is 0 Å². The molecular weight excluding hydrogens is 361 g/mol. The van der Waals surface area contributed by atoms with Gasteiger partial charge in [0.1, 0.15) is 11.5 Å². The molecule has 4 rings (SSSR count). The average Bonchev–Trinajstić information content (AvgIpc) is 3.11. The van der Waals surface area contributed by atoms with E-state index in [1.807, 2.05) is 6.07 Å². The molecule has 2 aromatic carbocycles. The summed E-state index contributed by atoms with van der Waals surface area (Å²) in [7, 11) is 0. The first-order valence-electron chi connectivity index (χ1n) is 8.49. The Morgan fingerprint density at radius 2 is 2.04 bits per heavy atom. The van der Waals surface area contributed by atoms with E-state index < -0.39 is 5.91 Å². The number of aromatic nitrogens is 5. The third kappa shape index (κ3) is 3.25. The van der Waals surface area contributed by atoms with E-state index in [9.17, 15) is 9.18 Å². The number of benzene rings is 2. The van der Waals surface area contributed by atoms with Gasteiger partial charge in [-0.05, 0) is 36.8 Å². The van der Waals surface area contributed by atoms with Gasteiger partial charge < -0.3 is 11.1 Å². The number of nitrogens with one attached hydrogen (secondary N) is 1. The number of hydrogen-bond donors (Lipinski definition) is 2. The number of nitrogens with two attached hydrogens (primary N) is 1. The Kier molecular flexibility index (Phi) is 4.40. The maximum atomic E-state index is 13.3. The smallest absolute Gasteiger partial charge is 0.272 e. The van der Waals surface area contributed by atoms with Crippen LogP contribution in [-0.2, 0) is 6.54 Å². The molecule has 0 bridgehead atoms. The third-order valence-corrected chi connectivity index (χ3v) is 4.26. The van der Waals surface area contributed by atoms with Crippen molar-refractivity contribution < 1.29 is 9.18 Å². The Hall–Kier alpha value is -3.88. The van der Waals surface area contributed by atoms with Crippen molar-refractivity contribution >= 4 is 22.6 Å². The second kappa shape index (κ2) is 7.03. The number of hydrogen-bond acceptors (Lipinski definition) is 6. The van der Waals surface area contributed by atoms with Gasteiger partial charge in [0.05, 0.1) is 17.3 Å². The zero-order chi connectivity index (χ0) is 19.7. The van der Waals surface area contributed by atoms with Gasteiger partial charge in [0.25, 0.3) is 5.95 Å². The standard InChI is InChI=1S/C19H16FN7O/c1-11-18(22-9-12-4-2-5-13(20)8-12)24-19(26-25-11)27-16-7-3-6-14(17(21)28)15(16)10-23-27/h2-8,10H,9H2,1H3,(H2,21,28)(H,22,24,26). The molecule has 8 nitrogen and oxygen atoms in total. The number of carbonyl (C=O) groups is 1. The summed E-state index contributed by atoms with van der Waals surface area (Å²) in [5.41, 5.74) is 7.79. The first-order valence-corrected chi connectivity index (χ1v) is 8.49. The van der Waals surface area contributed by atoms with Crippen molar-refractivity contribution in [1.82, 2.24) is 25.0 Å². The highest BCUT2D eigenvalue weighted by Gasteiger charge is 2.14. The van der Waals surface area contributed by atoms with Crippen LogP contribution >= 0.6 is 0 Å². The number of carbonyl (C=O) groups excluding carboxylic acids is 1. The summed E-state index contributed by atoms with van der Waals surface area (Å²) in [5, 5.41) is 16.2. The topological polar surface area (TPSA) is 112 Å². The third-order valence-electron chi connectivity index (χ3n) is 4.26. The molecule has 2 aromatic heterocycles. The van der Waals surface area contributed by atoms with Crippen LogP contribution in [0.4, 0.5) is 10.2 Å². The number of anilines is 1. The lowest BCUT2D eigenvalue weighted by Gasteiger charge is -2.09. The number of rotatable bonds is 5. The van der Waals surface area contributed by atoms with Crippen LogP contribution in [0, 0.1) is 12.7 Å². The predicted molar refractivity (Wildman–Crippen MR) is 101 cm³/mol. The molecule has 0 unspecified atom stereocenters. The fourth-order valence-electron chi connectivity index (χ4n) is 2.89. The number of nitrogens with zero attached hydrogens (tertiary/aromatic N) is 5. The van der Waals surface area contributed by atoms with Gasteiger partial charge in [-0.3, -0.25) is 4.79 Å². The minimum Gasteiger partial charge on any atom is -0.366 e. The molecule has 0 spiro atoms. The van der Waals surface area contributed by atoms with Gasteiger partial charge in [-0.15, -0.1) is 10.2 Å². The van der Waals surface area contributed by atoms with Gasteiger partial charge >= 0.3 is 0 Å². The van der Waals surface area contributed by atoms with Gasteiger partial charge in [-0.1, -0.05) is 18.2 Å². The summed E-state index contributed by atoms with van der Waals surface area (Å²) >= 11 is 0. The van der Waals surface area contributed by atoms with E-state index in [1.54, 1.807) is 37.4 Å². The number of primary amides is 1. The molecule has 3 N–H and O–H groups in total. The number of halogens is 1. The van der Waals surface area contributed by atoms with E-state index in [0.717, 1.165) is 5.56 Å². The number of aryl methyl sites for hydroxylation is 1.